The fourth-order valence-electron chi connectivity index (χ4n) is 2.57. The van der Waals surface area contributed by atoms with Crippen LogP contribution in [0, 0.1) is 0 Å². The summed E-state index contributed by atoms with van der Waals surface area (Å²) in [6.07, 6.45) is -3.71. The second-order valence-corrected chi connectivity index (χ2v) is 7.40. The molecule has 0 bridgehead atoms. The van der Waals surface area contributed by atoms with Crippen molar-refractivity contribution in [3.8, 4) is 0 Å². The Morgan fingerprint density at radius 3 is 1.74 bits per heavy atom. The molecule has 0 heterocycles. The highest BCUT2D eigenvalue weighted by atomic mass is 16.4. The first-order valence-electron chi connectivity index (χ1n) is 10.0. The number of aliphatic hydroxyl groups excluding tert-OH is 1. The topological polar surface area (TPSA) is 294 Å². The maximum Gasteiger partial charge on any atom is 0.328 e. The quantitative estimate of drug-likeness (QED) is 0.0988. The molecular weight excluding hydrogens is 460 g/mol. The summed E-state index contributed by atoms with van der Waals surface area (Å²) in [5, 5.41) is 33.7. The summed E-state index contributed by atoms with van der Waals surface area (Å²) in [5.41, 5.74) is 15.7. The van der Waals surface area contributed by atoms with Crippen LogP contribution >= 0.6 is 0 Å². The Kier molecular flexibility index (Phi) is 12.8. The minimum absolute atomic E-state index is 0.156. The highest BCUT2D eigenvalue weighted by molar-refractivity contribution is 5.96. The number of aliphatic carboxylic acids is 2. The number of aliphatic hydroxyl groups is 1. The van der Waals surface area contributed by atoms with E-state index in [-0.39, 0.29) is 12.8 Å². The van der Waals surface area contributed by atoms with Gasteiger partial charge in [-0.25, -0.2) is 4.79 Å². The fraction of sp³-hybridized carbons (Fsp3) is 0.611. The highest BCUT2D eigenvalue weighted by Crippen LogP contribution is 2.04. The average molecular weight is 490 g/mol. The van der Waals surface area contributed by atoms with Crippen LogP contribution in [0.2, 0.25) is 0 Å². The highest BCUT2D eigenvalue weighted by Gasteiger charge is 2.32. The van der Waals surface area contributed by atoms with Crippen molar-refractivity contribution in [3.63, 3.8) is 0 Å². The first-order chi connectivity index (χ1) is 15.6. The number of hydrogen-bond acceptors (Lipinski definition) is 9. The molecule has 0 radical (unpaired) electrons. The smallest absolute Gasteiger partial charge is 0.328 e. The van der Waals surface area contributed by atoms with Gasteiger partial charge in [-0.05, 0) is 19.8 Å². The molecule has 5 amide bonds. The molecule has 0 aliphatic heterocycles. The van der Waals surface area contributed by atoms with E-state index < -0.39 is 91.0 Å². The van der Waals surface area contributed by atoms with E-state index in [0.717, 1.165) is 6.92 Å². The van der Waals surface area contributed by atoms with E-state index in [1.165, 1.54) is 0 Å². The van der Waals surface area contributed by atoms with Gasteiger partial charge in [-0.3, -0.25) is 28.8 Å². The minimum Gasteiger partial charge on any atom is -0.481 e. The monoisotopic (exact) mass is 490 g/mol. The predicted molar refractivity (Wildman–Crippen MR) is 112 cm³/mol. The van der Waals surface area contributed by atoms with E-state index >= 15 is 0 Å². The van der Waals surface area contributed by atoms with E-state index in [4.69, 9.17) is 27.4 Å². The maximum atomic E-state index is 12.7. The van der Waals surface area contributed by atoms with Crippen molar-refractivity contribution in [2.45, 2.75) is 69.3 Å². The number of primary amides is 2. The number of carbonyl (C=O) groups is 7. The van der Waals surface area contributed by atoms with Gasteiger partial charge in [0, 0.05) is 12.8 Å². The Bertz CT molecular complexity index is 802. The molecule has 12 N–H and O–H groups in total. The first-order valence-corrected chi connectivity index (χ1v) is 10.0. The zero-order valence-electron chi connectivity index (χ0n) is 18.4. The van der Waals surface area contributed by atoms with Gasteiger partial charge in [0.25, 0.3) is 0 Å². The zero-order chi connectivity index (χ0) is 26.6. The SMILES string of the molecule is CC(O)C(NC(=O)C(CC(N)=O)NC(=O)C(CCC(=O)O)NC(=O)C(N)CCC(N)=O)C(=O)O. The Morgan fingerprint density at radius 2 is 1.29 bits per heavy atom. The van der Waals surface area contributed by atoms with Crippen LogP contribution in [-0.2, 0) is 33.6 Å². The van der Waals surface area contributed by atoms with Crippen LogP contribution in [0.15, 0.2) is 0 Å². The molecule has 0 saturated carbocycles. The van der Waals surface area contributed by atoms with Crippen LogP contribution in [0.25, 0.3) is 0 Å². The van der Waals surface area contributed by atoms with Gasteiger partial charge in [-0.1, -0.05) is 0 Å². The molecule has 0 fully saturated rings. The van der Waals surface area contributed by atoms with E-state index in [2.05, 4.69) is 10.6 Å². The normalized spacial score (nSPS) is 15.0. The van der Waals surface area contributed by atoms with Crippen LogP contribution in [0.5, 0.6) is 0 Å². The number of hydrogen-bond donors (Lipinski definition) is 9. The van der Waals surface area contributed by atoms with Crippen LogP contribution in [0.3, 0.4) is 0 Å². The summed E-state index contributed by atoms with van der Waals surface area (Å²) >= 11 is 0. The number of carboxylic acid groups (broad SMARTS) is 2. The summed E-state index contributed by atoms with van der Waals surface area (Å²) in [7, 11) is 0. The van der Waals surface area contributed by atoms with Crippen LogP contribution in [-0.4, -0.2) is 87.1 Å². The molecule has 0 rings (SSSR count). The molecule has 34 heavy (non-hydrogen) atoms. The summed E-state index contributed by atoms with van der Waals surface area (Å²) in [5.74, 6) is -7.86. The van der Waals surface area contributed by atoms with Crippen molar-refractivity contribution in [2.75, 3.05) is 0 Å². The third-order valence-electron chi connectivity index (χ3n) is 4.40. The molecule has 5 atom stereocenters. The van der Waals surface area contributed by atoms with Gasteiger partial charge < -0.3 is 48.5 Å². The lowest BCUT2D eigenvalue weighted by Crippen LogP contribution is -2.59. The van der Waals surface area contributed by atoms with Gasteiger partial charge in [0.1, 0.15) is 12.1 Å². The number of nitrogens with two attached hydrogens (primary N) is 3. The molecule has 0 saturated heterocycles. The van der Waals surface area contributed by atoms with Crippen molar-refractivity contribution >= 4 is 41.5 Å². The van der Waals surface area contributed by atoms with Crippen LogP contribution in [0.1, 0.15) is 39.0 Å². The summed E-state index contributed by atoms with van der Waals surface area (Å²) in [6.45, 7) is 1.08. The summed E-state index contributed by atoms with van der Waals surface area (Å²) in [4.78, 5) is 81.7. The molecule has 5 unspecified atom stereocenters. The molecule has 0 aromatic heterocycles. The second-order valence-electron chi connectivity index (χ2n) is 7.40. The Balaban J connectivity index is 5.56. The molecule has 16 heteroatoms. The lowest BCUT2D eigenvalue weighted by atomic mass is 10.1. The number of nitrogens with one attached hydrogen (secondary N) is 3. The third-order valence-corrected chi connectivity index (χ3v) is 4.40. The van der Waals surface area contributed by atoms with E-state index in [1.807, 2.05) is 5.32 Å². The van der Waals surface area contributed by atoms with Crippen molar-refractivity contribution in [1.82, 2.24) is 16.0 Å². The number of carbonyl (C=O) groups excluding carboxylic acids is 5. The predicted octanol–water partition coefficient (Wildman–Crippen LogP) is -4.76. The average Bonchev–Trinajstić information content (AvgIpc) is 2.70. The standard InChI is InChI=1S/C18H30N6O10/c1-7(25)14(18(33)34)24-17(32)10(6-12(21)27)23-16(31)9(3-5-13(28)29)22-15(30)8(19)2-4-11(20)26/h7-10,14,25H,2-6,19H2,1H3,(H2,20,26)(H2,21,27)(H,22,30)(H,23,31)(H,24,32)(H,28,29)(H,33,34). The zero-order valence-corrected chi connectivity index (χ0v) is 18.4. The van der Waals surface area contributed by atoms with Crippen molar-refractivity contribution in [3.05, 3.63) is 0 Å². The molecule has 16 nitrogen and oxygen atoms in total. The van der Waals surface area contributed by atoms with Gasteiger partial charge in [0.05, 0.1) is 18.6 Å². The summed E-state index contributed by atoms with van der Waals surface area (Å²) < 4.78 is 0. The van der Waals surface area contributed by atoms with E-state index in [0.29, 0.717) is 0 Å². The van der Waals surface area contributed by atoms with E-state index in [9.17, 15) is 38.7 Å². The lowest BCUT2D eigenvalue weighted by molar-refractivity contribution is -0.145. The van der Waals surface area contributed by atoms with E-state index in [1.54, 1.807) is 0 Å². The minimum atomic E-state index is -1.77. The van der Waals surface area contributed by atoms with Gasteiger partial charge in [-0.15, -0.1) is 0 Å². The molecule has 0 aromatic rings. The largest absolute Gasteiger partial charge is 0.481 e. The Labute approximate surface area is 193 Å². The molecule has 0 aliphatic carbocycles. The number of amides is 5. The maximum absolute atomic E-state index is 12.7. The van der Waals surface area contributed by atoms with Crippen molar-refractivity contribution in [1.29, 1.82) is 0 Å². The van der Waals surface area contributed by atoms with Crippen molar-refractivity contribution in [2.24, 2.45) is 17.2 Å². The molecule has 0 aliphatic rings. The van der Waals surface area contributed by atoms with Crippen LogP contribution in [0.4, 0.5) is 0 Å². The summed E-state index contributed by atoms with van der Waals surface area (Å²) in [6, 6.07) is -6.28. The Morgan fingerprint density at radius 1 is 0.765 bits per heavy atom. The third kappa shape index (κ3) is 11.7. The van der Waals surface area contributed by atoms with Gasteiger partial charge in [0.15, 0.2) is 6.04 Å². The fourth-order valence-corrected chi connectivity index (χ4v) is 2.57. The number of rotatable bonds is 16. The lowest BCUT2D eigenvalue weighted by Gasteiger charge is -2.25. The number of carboxylic acids is 2. The first kappa shape index (κ1) is 30.2. The molecule has 0 aromatic carbocycles. The molecule has 192 valence electrons. The van der Waals surface area contributed by atoms with Gasteiger partial charge in [0.2, 0.25) is 29.5 Å². The van der Waals surface area contributed by atoms with Gasteiger partial charge >= 0.3 is 11.9 Å². The van der Waals surface area contributed by atoms with Crippen LogP contribution < -0.4 is 33.2 Å². The Hall–Kier alpha value is -3.79. The van der Waals surface area contributed by atoms with Crippen molar-refractivity contribution < 1.29 is 48.9 Å². The second kappa shape index (κ2) is 14.4. The molecular formula is C18H30N6O10. The van der Waals surface area contributed by atoms with Gasteiger partial charge in [-0.2, -0.15) is 0 Å². The molecule has 0 spiro atoms.